The van der Waals surface area contributed by atoms with Crippen LogP contribution in [0.1, 0.15) is 70.7 Å². The third-order valence-electron chi connectivity index (χ3n) is 9.13. The van der Waals surface area contributed by atoms with E-state index in [0.717, 1.165) is 51.4 Å². The molecule has 0 aliphatic carbocycles. The number of hydrogen-bond acceptors (Lipinski definition) is 8. The summed E-state index contributed by atoms with van der Waals surface area (Å²) in [6.45, 7) is 22.9. The molecule has 4 aromatic rings. The highest BCUT2D eigenvalue weighted by molar-refractivity contribution is 6.31. The zero-order valence-corrected chi connectivity index (χ0v) is 32.0. The molecular formula is C41H51ClN4O5. The first-order valence-electron chi connectivity index (χ1n) is 17.5. The molecule has 1 aliphatic heterocycles. The molecule has 1 saturated heterocycles. The summed E-state index contributed by atoms with van der Waals surface area (Å²) in [6.07, 6.45) is 5.26. The van der Waals surface area contributed by atoms with Gasteiger partial charge in [-0.25, -0.2) is 4.98 Å². The molecule has 0 amide bonds. The van der Waals surface area contributed by atoms with Gasteiger partial charge in [-0.3, -0.25) is 4.79 Å². The molecule has 0 radical (unpaired) electrons. The van der Waals surface area contributed by atoms with E-state index in [1.165, 1.54) is 7.11 Å². The van der Waals surface area contributed by atoms with Crippen LogP contribution in [0.3, 0.4) is 0 Å². The van der Waals surface area contributed by atoms with E-state index in [1.807, 2.05) is 76.4 Å². The summed E-state index contributed by atoms with van der Waals surface area (Å²) in [5.41, 5.74) is 5.74. The molecule has 272 valence electrons. The monoisotopic (exact) mass is 714 g/mol. The van der Waals surface area contributed by atoms with Gasteiger partial charge in [0.05, 0.1) is 43.1 Å². The third-order valence-corrected chi connectivity index (χ3v) is 9.54. The molecule has 2 aromatic heterocycles. The zero-order valence-electron chi connectivity index (χ0n) is 31.2. The van der Waals surface area contributed by atoms with Crippen LogP contribution in [0.4, 0.5) is 5.82 Å². The van der Waals surface area contributed by atoms with Crippen LogP contribution in [0.5, 0.6) is 5.75 Å². The van der Waals surface area contributed by atoms with Crippen molar-refractivity contribution in [1.29, 1.82) is 0 Å². The van der Waals surface area contributed by atoms with Crippen molar-refractivity contribution in [3.8, 4) is 28.1 Å². The van der Waals surface area contributed by atoms with Gasteiger partial charge in [0, 0.05) is 52.9 Å². The highest BCUT2D eigenvalue weighted by Gasteiger charge is 2.41. The number of aromatic nitrogens is 3. The normalized spacial score (nSPS) is 18.5. The van der Waals surface area contributed by atoms with Crippen LogP contribution >= 0.6 is 11.6 Å². The second-order valence-corrected chi connectivity index (χ2v) is 15.0. The molecular weight excluding hydrogens is 664 g/mol. The van der Waals surface area contributed by atoms with E-state index < -0.39 is 11.2 Å². The van der Waals surface area contributed by atoms with Gasteiger partial charge in [0.1, 0.15) is 17.8 Å². The van der Waals surface area contributed by atoms with Crippen molar-refractivity contribution in [2.45, 2.75) is 97.7 Å². The number of carbonyl (C=O) groups is 1. The van der Waals surface area contributed by atoms with Gasteiger partial charge in [0.2, 0.25) is 0 Å². The third kappa shape index (κ3) is 8.83. The summed E-state index contributed by atoms with van der Waals surface area (Å²) in [5, 5.41) is 5.81. The maximum absolute atomic E-state index is 12.8. The van der Waals surface area contributed by atoms with Crippen LogP contribution in [0, 0.1) is 13.8 Å². The van der Waals surface area contributed by atoms with Crippen molar-refractivity contribution in [2.75, 3.05) is 25.2 Å². The molecule has 0 spiro atoms. The van der Waals surface area contributed by atoms with Gasteiger partial charge < -0.3 is 23.8 Å². The second-order valence-electron chi connectivity index (χ2n) is 14.6. The summed E-state index contributed by atoms with van der Waals surface area (Å²) in [4.78, 5) is 20.0. The number of anilines is 1. The van der Waals surface area contributed by atoms with Crippen molar-refractivity contribution in [3.05, 3.63) is 89.6 Å². The predicted octanol–water partition coefficient (Wildman–Crippen LogP) is 9.10. The number of esters is 1. The number of ether oxygens (including phenoxy) is 4. The molecule has 9 nitrogen and oxygen atoms in total. The van der Waals surface area contributed by atoms with E-state index in [0.29, 0.717) is 42.4 Å². The predicted molar refractivity (Wildman–Crippen MR) is 205 cm³/mol. The fraction of sp³-hybridized carbons (Fsp3) is 0.439. The molecule has 1 aliphatic rings. The molecule has 2 aromatic carbocycles. The van der Waals surface area contributed by atoms with E-state index in [-0.39, 0.29) is 24.7 Å². The van der Waals surface area contributed by atoms with E-state index >= 15 is 0 Å². The lowest BCUT2D eigenvalue weighted by molar-refractivity contribution is -0.140. The Hall–Kier alpha value is -4.18. The summed E-state index contributed by atoms with van der Waals surface area (Å²) in [7, 11) is 1.40. The van der Waals surface area contributed by atoms with Crippen LogP contribution in [-0.2, 0) is 25.4 Å². The maximum Gasteiger partial charge on any atom is 0.310 e. The number of benzene rings is 2. The number of halogens is 1. The van der Waals surface area contributed by atoms with Crippen LogP contribution in [0.15, 0.2) is 67.8 Å². The molecule has 10 heteroatoms. The maximum atomic E-state index is 12.8. The first kappa shape index (κ1) is 38.1. The Morgan fingerprint density at radius 2 is 1.88 bits per heavy atom. The average molecular weight is 715 g/mol. The van der Waals surface area contributed by atoms with Crippen molar-refractivity contribution in [2.24, 2.45) is 0 Å². The molecule has 3 heterocycles. The van der Waals surface area contributed by atoms with Crippen molar-refractivity contribution < 1.29 is 23.7 Å². The Kier molecular flexibility index (Phi) is 11.6. The van der Waals surface area contributed by atoms with Gasteiger partial charge in [-0.1, -0.05) is 42.0 Å². The summed E-state index contributed by atoms with van der Waals surface area (Å²) >= 11 is 6.56. The van der Waals surface area contributed by atoms with E-state index in [1.54, 1.807) is 6.08 Å². The fourth-order valence-electron chi connectivity index (χ4n) is 6.56. The molecule has 3 atom stereocenters. The lowest BCUT2D eigenvalue weighted by atomic mass is 9.91. The van der Waals surface area contributed by atoms with Crippen LogP contribution in [0.25, 0.3) is 28.0 Å². The van der Waals surface area contributed by atoms with Gasteiger partial charge in [-0.05, 0) is 84.2 Å². The SMILES string of the molecule is C=CCOC1(C)CCN(c2c(CC(=O)OC)c(C)nc3cc(-c4cccc(-c5cc(C)c(Cl)cc5OC(C)CC=C)c4)nn23)C(OC(C)(C)C)C1. The summed E-state index contributed by atoms with van der Waals surface area (Å²) < 4.78 is 26.4. The first-order chi connectivity index (χ1) is 24.1. The van der Waals surface area contributed by atoms with Crippen LogP contribution < -0.4 is 9.64 Å². The van der Waals surface area contributed by atoms with Gasteiger partial charge >= 0.3 is 5.97 Å². The van der Waals surface area contributed by atoms with E-state index in [2.05, 4.69) is 43.2 Å². The summed E-state index contributed by atoms with van der Waals surface area (Å²) in [6, 6.07) is 14.1. The second kappa shape index (κ2) is 15.6. The number of piperidine rings is 1. The number of carbonyl (C=O) groups excluding carboxylic acids is 1. The highest BCUT2D eigenvalue weighted by Crippen LogP contribution is 2.40. The van der Waals surface area contributed by atoms with Gasteiger partial charge in [-0.15, -0.1) is 13.2 Å². The van der Waals surface area contributed by atoms with E-state index in [4.69, 9.17) is 40.6 Å². The smallest absolute Gasteiger partial charge is 0.310 e. The quantitative estimate of drug-likeness (QED) is 0.100. The van der Waals surface area contributed by atoms with E-state index in [9.17, 15) is 4.79 Å². The average Bonchev–Trinajstić information content (AvgIpc) is 3.49. The molecule has 0 N–H and O–H groups in total. The molecule has 5 rings (SSSR count). The minimum Gasteiger partial charge on any atom is -0.490 e. The molecule has 1 fully saturated rings. The Labute approximate surface area is 307 Å². The summed E-state index contributed by atoms with van der Waals surface area (Å²) in [5.74, 6) is 1.10. The lowest BCUT2D eigenvalue weighted by Crippen LogP contribution is -2.54. The van der Waals surface area contributed by atoms with Crippen molar-refractivity contribution in [1.82, 2.24) is 14.6 Å². The number of aryl methyl sites for hydroxylation is 2. The van der Waals surface area contributed by atoms with Crippen molar-refractivity contribution >= 4 is 29.0 Å². The van der Waals surface area contributed by atoms with Gasteiger partial charge in [-0.2, -0.15) is 9.61 Å². The minimum atomic E-state index is -0.453. The standard InChI is InChI=1S/C41H51ClN4O5/c1-11-14-27(4)50-35-23-33(42)26(3)20-32(35)29-15-13-16-30(21-29)34-24-36-43-28(5)31(22-38(47)48-10)39(46(36)44-34)45-18-17-41(9,49-19-12-2)25-37(45)51-40(6,7)8/h11-13,15-16,20-21,23-24,27,37H,1-2,14,17-19,22,25H2,3-10H3. The number of hydrogen-bond donors (Lipinski definition) is 0. The molecule has 0 bridgehead atoms. The number of fused-ring (bicyclic) bond motifs is 1. The largest absolute Gasteiger partial charge is 0.490 e. The minimum absolute atomic E-state index is 0.0389. The number of methoxy groups -OCH3 is 1. The topological polar surface area (TPSA) is 87.4 Å². The van der Waals surface area contributed by atoms with Gasteiger partial charge in [0.25, 0.3) is 0 Å². The zero-order chi connectivity index (χ0) is 37.1. The Balaban J connectivity index is 1.65. The van der Waals surface area contributed by atoms with Crippen LogP contribution in [-0.4, -0.2) is 64.4 Å². The Morgan fingerprint density at radius 1 is 1.14 bits per heavy atom. The first-order valence-corrected chi connectivity index (χ1v) is 17.9. The molecule has 3 unspecified atom stereocenters. The van der Waals surface area contributed by atoms with Crippen LogP contribution in [0.2, 0.25) is 5.02 Å². The van der Waals surface area contributed by atoms with Gasteiger partial charge in [0.15, 0.2) is 5.65 Å². The fourth-order valence-corrected chi connectivity index (χ4v) is 6.71. The highest BCUT2D eigenvalue weighted by atomic mass is 35.5. The van der Waals surface area contributed by atoms with Crippen molar-refractivity contribution in [3.63, 3.8) is 0 Å². The lowest BCUT2D eigenvalue weighted by Gasteiger charge is -2.47. The molecule has 51 heavy (non-hydrogen) atoms. The number of rotatable bonds is 13. The molecule has 0 saturated carbocycles. The Morgan fingerprint density at radius 3 is 2.57 bits per heavy atom. The number of nitrogens with zero attached hydrogens (tertiary/aromatic N) is 4. The Bertz CT molecular complexity index is 1910.